The SMILES string of the molecule is Cc1ccc(NC(C)C(=O)NCc2ccccc2)cc1. The summed E-state index contributed by atoms with van der Waals surface area (Å²) in [5, 5.41) is 6.12. The van der Waals surface area contributed by atoms with Gasteiger partial charge in [-0.25, -0.2) is 0 Å². The van der Waals surface area contributed by atoms with Crippen LogP contribution in [-0.2, 0) is 11.3 Å². The van der Waals surface area contributed by atoms with Crippen molar-refractivity contribution in [2.45, 2.75) is 26.4 Å². The molecule has 0 heterocycles. The summed E-state index contributed by atoms with van der Waals surface area (Å²) in [6, 6.07) is 17.6. The number of nitrogens with one attached hydrogen (secondary N) is 2. The van der Waals surface area contributed by atoms with Gasteiger partial charge in [-0.1, -0.05) is 48.0 Å². The summed E-state index contributed by atoms with van der Waals surface area (Å²) in [6.07, 6.45) is 0. The highest BCUT2D eigenvalue weighted by Crippen LogP contribution is 2.10. The van der Waals surface area contributed by atoms with Crippen LogP contribution >= 0.6 is 0 Å². The van der Waals surface area contributed by atoms with Gasteiger partial charge in [-0.3, -0.25) is 4.79 Å². The minimum Gasteiger partial charge on any atom is -0.374 e. The second-order valence-corrected chi connectivity index (χ2v) is 4.94. The molecule has 0 bridgehead atoms. The molecule has 3 heteroatoms. The van der Waals surface area contributed by atoms with Crippen LogP contribution in [0.2, 0.25) is 0 Å². The maximum atomic E-state index is 12.0. The van der Waals surface area contributed by atoms with E-state index >= 15 is 0 Å². The van der Waals surface area contributed by atoms with Crippen molar-refractivity contribution in [3.63, 3.8) is 0 Å². The van der Waals surface area contributed by atoms with Crippen LogP contribution in [0.25, 0.3) is 0 Å². The van der Waals surface area contributed by atoms with Crippen molar-refractivity contribution in [3.8, 4) is 0 Å². The van der Waals surface area contributed by atoms with Crippen molar-refractivity contribution in [2.75, 3.05) is 5.32 Å². The molecule has 0 saturated heterocycles. The molecule has 0 aliphatic carbocycles. The molecule has 0 radical (unpaired) electrons. The summed E-state index contributed by atoms with van der Waals surface area (Å²) in [4.78, 5) is 12.0. The molecule has 0 aliphatic heterocycles. The fraction of sp³-hybridized carbons (Fsp3) is 0.235. The summed E-state index contributed by atoms with van der Waals surface area (Å²) >= 11 is 0. The number of rotatable bonds is 5. The van der Waals surface area contributed by atoms with E-state index in [2.05, 4.69) is 10.6 Å². The van der Waals surface area contributed by atoms with Crippen LogP contribution in [0.4, 0.5) is 5.69 Å². The quantitative estimate of drug-likeness (QED) is 0.875. The van der Waals surface area contributed by atoms with E-state index in [0.717, 1.165) is 11.3 Å². The first kappa shape index (κ1) is 14.1. The van der Waals surface area contributed by atoms with E-state index < -0.39 is 0 Å². The summed E-state index contributed by atoms with van der Waals surface area (Å²) < 4.78 is 0. The van der Waals surface area contributed by atoms with Crippen molar-refractivity contribution in [1.29, 1.82) is 0 Å². The number of hydrogen-bond acceptors (Lipinski definition) is 2. The third kappa shape index (κ3) is 4.12. The smallest absolute Gasteiger partial charge is 0.242 e. The Morgan fingerprint density at radius 3 is 2.35 bits per heavy atom. The van der Waals surface area contributed by atoms with E-state index in [0.29, 0.717) is 6.54 Å². The predicted octanol–water partition coefficient (Wildman–Crippen LogP) is 3.11. The Bertz CT molecular complexity index is 549. The Kier molecular flexibility index (Phi) is 4.77. The van der Waals surface area contributed by atoms with Crippen molar-refractivity contribution < 1.29 is 4.79 Å². The van der Waals surface area contributed by atoms with Gasteiger partial charge in [0.1, 0.15) is 6.04 Å². The number of carbonyl (C=O) groups excluding carboxylic acids is 1. The summed E-state index contributed by atoms with van der Waals surface area (Å²) in [7, 11) is 0. The van der Waals surface area contributed by atoms with Gasteiger partial charge in [0.05, 0.1) is 0 Å². The monoisotopic (exact) mass is 268 g/mol. The minimum atomic E-state index is -0.263. The van der Waals surface area contributed by atoms with Crippen LogP contribution < -0.4 is 10.6 Å². The zero-order chi connectivity index (χ0) is 14.4. The lowest BCUT2D eigenvalue weighted by atomic mass is 10.2. The molecule has 2 rings (SSSR count). The van der Waals surface area contributed by atoms with Gasteiger partial charge >= 0.3 is 0 Å². The second-order valence-electron chi connectivity index (χ2n) is 4.94. The first-order chi connectivity index (χ1) is 9.65. The summed E-state index contributed by atoms with van der Waals surface area (Å²) in [6.45, 7) is 4.46. The van der Waals surface area contributed by atoms with Crippen molar-refractivity contribution in [1.82, 2.24) is 5.32 Å². The zero-order valence-electron chi connectivity index (χ0n) is 11.9. The maximum Gasteiger partial charge on any atom is 0.242 e. The number of amides is 1. The Labute approximate surface area is 120 Å². The van der Waals surface area contributed by atoms with Gasteiger partial charge in [-0.2, -0.15) is 0 Å². The Balaban J connectivity index is 1.84. The molecule has 0 fully saturated rings. The van der Waals surface area contributed by atoms with Crippen LogP contribution in [0.15, 0.2) is 54.6 Å². The average molecular weight is 268 g/mol. The molecular formula is C17H20N2O. The fourth-order valence-corrected chi connectivity index (χ4v) is 1.90. The first-order valence-electron chi connectivity index (χ1n) is 6.80. The highest BCUT2D eigenvalue weighted by Gasteiger charge is 2.11. The molecule has 2 aromatic carbocycles. The maximum absolute atomic E-state index is 12.0. The molecule has 20 heavy (non-hydrogen) atoms. The molecule has 104 valence electrons. The van der Waals surface area contributed by atoms with E-state index in [1.165, 1.54) is 5.56 Å². The van der Waals surface area contributed by atoms with Crippen LogP contribution in [0.1, 0.15) is 18.1 Å². The molecule has 0 aromatic heterocycles. The molecule has 0 aliphatic rings. The largest absolute Gasteiger partial charge is 0.374 e. The normalized spacial score (nSPS) is 11.7. The number of carbonyl (C=O) groups is 1. The van der Waals surface area contributed by atoms with Crippen molar-refractivity contribution in [2.24, 2.45) is 0 Å². The van der Waals surface area contributed by atoms with E-state index in [1.807, 2.05) is 68.4 Å². The predicted molar refractivity (Wildman–Crippen MR) is 82.6 cm³/mol. The molecule has 0 spiro atoms. The summed E-state index contributed by atoms with van der Waals surface area (Å²) in [5.74, 6) is -0.00516. The first-order valence-corrected chi connectivity index (χ1v) is 6.80. The van der Waals surface area contributed by atoms with E-state index in [-0.39, 0.29) is 11.9 Å². The molecule has 0 saturated carbocycles. The van der Waals surface area contributed by atoms with Crippen LogP contribution in [0.5, 0.6) is 0 Å². The van der Waals surface area contributed by atoms with Gasteiger partial charge in [-0.05, 0) is 31.5 Å². The lowest BCUT2D eigenvalue weighted by Gasteiger charge is -2.15. The molecule has 2 N–H and O–H groups in total. The molecule has 1 amide bonds. The van der Waals surface area contributed by atoms with Crippen LogP contribution in [0, 0.1) is 6.92 Å². The second kappa shape index (κ2) is 6.75. The zero-order valence-corrected chi connectivity index (χ0v) is 11.9. The topological polar surface area (TPSA) is 41.1 Å². The highest BCUT2D eigenvalue weighted by atomic mass is 16.2. The van der Waals surface area contributed by atoms with Gasteiger partial charge in [0.15, 0.2) is 0 Å². The highest BCUT2D eigenvalue weighted by molar-refractivity contribution is 5.84. The number of benzene rings is 2. The molecule has 1 unspecified atom stereocenters. The molecule has 3 nitrogen and oxygen atoms in total. The third-order valence-electron chi connectivity index (χ3n) is 3.14. The minimum absolute atomic E-state index is 0.00516. The fourth-order valence-electron chi connectivity index (χ4n) is 1.90. The van der Waals surface area contributed by atoms with Gasteiger partial charge in [0.25, 0.3) is 0 Å². The third-order valence-corrected chi connectivity index (χ3v) is 3.14. The van der Waals surface area contributed by atoms with E-state index in [9.17, 15) is 4.79 Å². The van der Waals surface area contributed by atoms with E-state index in [4.69, 9.17) is 0 Å². The Morgan fingerprint density at radius 2 is 1.70 bits per heavy atom. The summed E-state index contributed by atoms with van der Waals surface area (Å²) in [5.41, 5.74) is 3.26. The Hall–Kier alpha value is -2.29. The molecule has 1 atom stereocenters. The van der Waals surface area contributed by atoms with Gasteiger partial charge in [0, 0.05) is 12.2 Å². The van der Waals surface area contributed by atoms with Crippen molar-refractivity contribution in [3.05, 3.63) is 65.7 Å². The Morgan fingerprint density at radius 1 is 1.05 bits per heavy atom. The van der Waals surface area contributed by atoms with Crippen LogP contribution in [0.3, 0.4) is 0 Å². The van der Waals surface area contributed by atoms with Gasteiger partial charge in [0.2, 0.25) is 5.91 Å². The van der Waals surface area contributed by atoms with Gasteiger partial charge in [-0.15, -0.1) is 0 Å². The van der Waals surface area contributed by atoms with E-state index in [1.54, 1.807) is 0 Å². The molecular weight excluding hydrogens is 248 g/mol. The number of aryl methyl sites for hydroxylation is 1. The standard InChI is InChI=1S/C17H20N2O/c1-13-8-10-16(11-9-13)19-14(2)17(20)18-12-15-6-4-3-5-7-15/h3-11,14,19H,12H2,1-2H3,(H,18,20). The van der Waals surface area contributed by atoms with Crippen molar-refractivity contribution >= 4 is 11.6 Å². The lowest BCUT2D eigenvalue weighted by molar-refractivity contribution is -0.121. The average Bonchev–Trinajstić information content (AvgIpc) is 2.48. The van der Waals surface area contributed by atoms with Gasteiger partial charge < -0.3 is 10.6 Å². The molecule has 2 aromatic rings. The number of hydrogen-bond donors (Lipinski definition) is 2. The lowest BCUT2D eigenvalue weighted by Crippen LogP contribution is -2.37. The van der Waals surface area contributed by atoms with Crippen LogP contribution in [-0.4, -0.2) is 11.9 Å². The number of anilines is 1.